The van der Waals surface area contributed by atoms with Crippen molar-refractivity contribution in [3.63, 3.8) is 0 Å². The molecule has 0 saturated carbocycles. The Labute approximate surface area is 145 Å². The first-order valence-electron chi connectivity index (χ1n) is 8.24. The molecule has 2 rings (SSSR count). The molecule has 0 aromatic heterocycles. The zero-order valence-corrected chi connectivity index (χ0v) is 15.9. The molecule has 1 N–H and O–H groups in total. The van der Waals surface area contributed by atoms with E-state index in [-0.39, 0.29) is 0 Å². The van der Waals surface area contributed by atoms with Crippen molar-refractivity contribution in [1.29, 1.82) is 0 Å². The van der Waals surface area contributed by atoms with Gasteiger partial charge in [0.1, 0.15) is 0 Å². The second-order valence-corrected chi connectivity index (χ2v) is 7.67. The van der Waals surface area contributed by atoms with Crippen molar-refractivity contribution < 1.29 is 8.42 Å². The largest absolute Gasteiger partial charge is 0.372 e. The number of rotatable bonds is 6. The van der Waals surface area contributed by atoms with Crippen molar-refractivity contribution in [2.45, 2.75) is 39.5 Å². The summed E-state index contributed by atoms with van der Waals surface area (Å²) in [5.74, 6) is 0. The van der Waals surface area contributed by atoms with Gasteiger partial charge < -0.3 is 4.90 Å². The average Bonchev–Trinajstić information content (AvgIpc) is 2.48. The molecule has 4 nitrogen and oxygen atoms in total. The summed E-state index contributed by atoms with van der Waals surface area (Å²) < 4.78 is 28.2. The Morgan fingerprint density at radius 2 is 1.42 bits per heavy atom. The number of sulfonamides is 1. The molecule has 0 bridgehead atoms. The van der Waals surface area contributed by atoms with E-state index in [4.69, 9.17) is 0 Å². The van der Waals surface area contributed by atoms with Crippen LogP contribution in [0.15, 0.2) is 41.3 Å². The summed E-state index contributed by atoms with van der Waals surface area (Å²) in [5.41, 5.74) is 4.25. The zero-order chi connectivity index (χ0) is 17.9. The van der Waals surface area contributed by atoms with Gasteiger partial charge in [-0.05, 0) is 70.0 Å². The summed E-state index contributed by atoms with van der Waals surface area (Å²) in [4.78, 5) is 2.58. The van der Waals surface area contributed by atoms with Gasteiger partial charge in [-0.15, -0.1) is 0 Å². The maximum Gasteiger partial charge on any atom is 0.262 e. The number of nitrogens with zero attached hydrogens (tertiary/aromatic N) is 1. The van der Waals surface area contributed by atoms with Gasteiger partial charge in [0.25, 0.3) is 10.0 Å². The van der Waals surface area contributed by atoms with Crippen LogP contribution < -0.4 is 9.62 Å². The van der Waals surface area contributed by atoms with E-state index >= 15 is 0 Å². The number of anilines is 2. The lowest BCUT2D eigenvalue weighted by Crippen LogP contribution is -2.21. The highest BCUT2D eigenvalue weighted by atomic mass is 32.2. The minimum atomic E-state index is -3.60. The topological polar surface area (TPSA) is 49.4 Å². The molecule has 0 unspecified atom stereocenters. The van der Waals surface area contributed by atoms with E-state index < -0.39 is 10.0 Å². The second-order valence-electron chi connectivity index (χ2n) is 6.05. The molecular formula is C19H26N2O2S. The first kappa shape index (κ1) is 18.3. The van der Waals surface area contributed by atoms with Gasteiger partial charge in [0.05, 0.1) is 4.90 Å². The van der Waals surface area contributed by atoms with Gasteiger partial charge in [0, 0.05) is 24.5 Å². The van der Waals surface area contributed by atoms with E-state index in [1.165, 1.54) is 0 Å². The van der Waals surface area contributed by atoms with Crippen LogP contribution in [0, 0.1) is 20.8 Å². The van der Waals surface area contributed by atoms with E-state index in [1.54, 1.807) is 0 Å². The van der Waals surface area contributed by atoms with Crippen LogP contribution >= 0.6 is 0 Å². The van der Waals surface area contributed by atoms with Crippen LogP contribution in [0.1, 0.15) is 30.5 Å². The molecule has 0 atom stereocenters. The molecule has 5 heteroatoms. The highest BCUT2D eigenvalue weighted by molar-refractivity contribution is 7.92. The Morgan fingerprint density at radius 1 is 0.917 bits per heavy atom. The van der Waals surface area contributed by atoms with Crippen LogP contribution in [-0.2, 0) is 10.0 Å². The van der Waals surface area contributed by atoms with Gasteiger partial charge in [-0.25, -0.2) is 8.42 Å². The number of aryl methyl sites for hydroxylation is 3. The van der Waals surface area contributed by atoms with Crippen LogP contribution in [-0.4, -0.2) is 21.5 Å². The van der Waals surface area contributed by atoms with Gasteiger partial charge in [-0.1, -0.05) is 17.7 Å². The van der Waals surface area contributed by atoms with E-state index in [0.29, 0.717) is 10.6 Å². The highest BCUT2D eigenvalue weighted by Gasteiger charge is 2.20. The molecule has 0 aliphatic heterocycles. The summed E-state index contributed by atoms with van der Waals surface area (Å²) in [7, 11) is -3.60. The summed E-state index contributed by atoms with van der Waals surface area (Å²) in [6.07, 6.45) is 0. The third kappa shape index (κ3) is 3.90. The molecule has 24 heavy (non-hydrogen) atoms. The van der Waals surface area contributed by atoms with E-state index in [1.807, 2.05) is 57.2 Å². The maximum atomic E-state index is 12.8. The molecule has 130 valence electrons. The fourth-order valence-electron chi connectivity index (χ4n) is 3.13. The lowest BCUT2D eigenvalue weighted by Gasteiger charge is -2.21. The fraction of sp³-hybridized carbons (Fsp3) is 0.368. The average molecular weight is 346 g/mol. The van der Waals surface area contributed by atoms with Crippen LogP contribution in [0.4, 0.5) is 11.4 Å². The smallest absolute Gasteiger partial charge is 0.262 e. The van der Waals surface area contributed by atoms with Crippen LogP contribution in [0.2, 0.25) is 0 Å². The Balaban J connectivity index is 2.30. The molecule has 0 amide bonds. The SMILES string of the molecule is CCN(CC)c1ccc(NS(=O)(=O)c2c(C)cc(C)cc2C)cc1. The first-order valence-corrected chi connectivity index (χ1v) is 9.72. The van der Waals surface area contributed by atoms with Gasteiger partial charge in [-0.3, -0.25) is 4.72 Å². The number of benzene rings is 2. The number of nitrogens with one attached hydrogen (secondary N) is 1. The summed E-state index contributed by atoms with van der Waals surface area (Å²) in [5, 5.41) is 0. The zero-order valence-electron chi connectivity index (χ0n) is 15.1. The lowest BCUT2D eigenvalue weighted by atomic mass is 10.1. The third-order valence-corrected chi connectivity index (χ3v) is 5.81. The van der Waals surface area contributed by atoms with E-state index in [0.717, 1.165) is 35.5 Å². The molecule has 0 radical (unpaired) electrons. The Morgan fingerprint density at radius 3 is 1.88 bits per heavy atom. The predicted molar refractivity (Wildman–Crippen MR) is 101 cm³/mol. The van der Waals surface area contributed by atoms with E-state index in [2.05, 4.69) is 23.5 Å². The minimum Gasteiger partial charge on any atom is -0.372 e. The van der Waals surface area contributed by atoms with Crippen molar-refractivity contribution in [2.24, 2.45) is 0 Å². The van der Waals surface area contributed by atoms with Gasteiger partial charge in [0.2, 0.25) is 0 Å². The number of hydrogen-bond acceptors (Lipinski definition) is 3. The standard InChI is InChI=1S/C19H26N2O2S/c1-6-21(7-2)18-10-8-17(9-11-18)20-24(22,23)19-15(4)12-14(3)13-16(19)5/h8-13,20H,6-7H2,1-5H3. The predicted octanol–water partition coefficient (Wildman–Crippen LogP) is 4.26. The molecule has 0 aliphatic rings. The Kier molecular flexibility index (Phi) is 5.54. The molecule has 0 saturated heterocycles. The maximum absolute atomic E-state index is 12.8. The summed E-state index contributed by atoms with van der Waals surface area (Å²) >= 11 is 0. The lowest BCUT2D eigenvalue weighted by molar-refractivity contribution is 0.600. The van der Waals surface area contributed by atoms with Crippen molar-refractivity contribution in [3.05, 3.63) is 53.1 Å². The molecule has 0 aliphatic carbocycles. The van der Waals surface area contributed by atoms with Crippen LogP contribution in [0.3, 0.4) is 0 Å². The van der Waals surface area contributed by atoms with Gasteiger partial charge in [0.15, 0.2) is 0 Å². The minimum absolute atomic E-state index is 0.362. The molecule has 2 aromatic carbocycles. The normalized spacial score (nSPS) is 11.4. The van der Waals surface area contributed by atoms with E-state index in [9.17, 15) is 8.42 Å². The third-order valence-electron chi connectivity index (χ3n) is 4.12. The van der Waals surface area contributed by atoms with Crippen LogP contribution in [0.25, 0.3) is 0 Å². The number of hydrogen-bond donors (Lipinski definition) is 1. The van der Waals surface area contributed by atoms with Crippen molar-refractivity contribution in [2.75, 3.05) is 22.7 Å². The molecule has 0 heterocycles. The second kappa shape index (κ2) is 7.26. The van der Waals surface area contributed by atoms with Crippen molar-refractivity contribution in [3.8, 4) is 0 Å². The van der Waals surface area contributed by atoms with Gasteiger partial charge in [-0.2, -0.15) is 0 Å². The summed E-state index contributed by atoms with van der Waals surface area (Å²) in [6.45, 7) is 11.7. The Hall–Kier alpha value is -2.01. The van der Waals surface area contributed by atoms with Crippen molar-refractivity contribution in [1.82, 2.24) is 0 Å². The molecular weight excluding hydrogens is 320 g/mol. The first-order chi connectivity index (χ1) is 11.3. The monoisotopic (exact) mass is 346 g/mol. The molecule has 0 spiro atoms. The Bertz CT molecular complexity index is 785. The fourth-order valence-corrected chi connectivity index (χ4v) is 4.64. The quantitative estimate of drug-likeness (QED) is 0.850. The molecule has 0 fully saturated rings. The highest BCUT2D eigenvalue weighted by Crippen LogP contribution is 2.25. The molecule has 2 aromatic rings. The van der Waals surface area contributed by atoms with Gasteiger partial charge >= 0.3 is 0 Å². The van der Waals surface area contributed by atoms with Crippen LogP contribution in [0.5, 0.6) is 0 Å². The summed E-state index contributed by atoms with van der Waals surface area (Å²) in [6, 6.07) is 11.3. The van der Waals surface area contributed by atoms with Crippen molar-refractivity contribution >= 4 is 21.4 Å².